The van der Waals surface area contributed by atoms with Gasteiger partial charge in [-0.15, -0.1) is 0 Å². The van der Waals surface area contributed by atoms with Gasteiger partial charge >= 0.3 is 0 Å². The van der Waals surface area contributed by atoms with Gasteiger partial charge in [0, 0.05) is 5.92 Å². The quantitative estimate of drug-likeness (QED) is 0.492. The predicted molar refractivity (Wildman–Crippen MR) is 29.6 cm³/mol. The van der Waals surface area contributed by atoms with E-state index >= 15 is 0 Å². The van der Waals surface area contributed by atoms with Crippen molar-refractivity contribution in [2.75, 3.05) is 6.61 Å². The topological polar surface area (TPSA) is 29.6 Å². The molecular weight excluding hydrogens is 104 g/mol. The average Bonchev–Trinajstić information content (AvgIpc) is 2.43. The zero-order valence-corrected chi connectivity index (χ0v) is 5.18. The van der Waals surface area contributed by atoms with Gasteiger partial charge in [0.15, 0.2) is 5.78 Å². The molecule has 1 rings (SSSR count). The van der Waals surface area contributed by atoms with E-state index in [2.05, 4.69) is 0 Å². The van der Waals surface area contributed by atoms with E-state index in [1.54, 1.807) is 0 Å². The molecule has 46 valence electrons. The Hall–Kier alpha value is -0.370. The van der Waals surface area contributed by atoms with E-state index in [0.717, 1.165) is 0 Å². The fourth-order valence-electron chi connectivity index (χ4n) is 0.584. The Morgan fingerprint density at radius 1 is 1.75 bits per heavy atom. The molecule has 0 aromatic rings. The molecule has 1 aliphatic heterocycles. The van der Waals surface area contributed by atoms with Crippen molar-refractivity contribution in [3.05, 3.63) is 0 Å². The van der Waals surface area contributed by atoms with Crippen molar-refractivity contribution in [3.8, 4) is 0 Å². The Morgan fingerprint density at radius 2 is 2.25 bits per heavy atom. The summed E-state index contributed by atoms with van der Waals surface area (Å²) < 4.78 is 4.78. The minimum Gasteiger partial charge on any atom is -0.365 e. The molecule has 0 radical (unpaired) electrons. The van der Waals surface area contributed by atoms with Gasteiger partial charge in [-0.1, -0.05) is 13.8 Å². The van der Waals surface area contributed by atoms with E-state index in [1.807, 2.05) is 13.8 Å². The number of rotatable bonds is 2. The van der Waals surface area contributed by atoms with Crippen LogP contribution in [0.15, 0.2) is 0 Å². The normalized spacial score (nSPS) is 26.1. The summed E-state index contributed by atoms with van der Waals surface area (Å²) in [4.78, 5) is 10.8. The van der Waals surface area contributed by atoms with Crippen molar-refractivity contribution >= 4 is 5.78 Å². The molecule has 2 heteroatoms. The van der Waals surface area contributed by atoms with Crippen LogP contribution in [-0.2, 0) is 9.53 Å². The van der Waals surface area contributed by atoms with Crippen molar-refractivity contribution in [3.63, 3.8) is 0 Å². The second kappa shape index (κ2) is 1.86. The summed E-state index contributed by atoms with van der Waals surface area (Å²) in [5.41, 5.74) is 0. The molecule has 1 heterocycles. The summed E-state index contributed by atoms with van der Waals surface area (Å²) in [6.07, 6.45) is -0.0463. The highest BCUT2D eigenvalue weighted by atomic mass is 16.6. The lowest BCUT2D eigenvalue weighted by Gasteiger charge is -1.95. The van der Waals surface area contributed by atoms with Gasteiger partial charge in [0.2, 0.25) is 0 Å². The molecule has 0 amide bonds. The van der Waals surface area contributed by atoms with E-state index in [1.165, 1.54) is 0 Å². The lowest BCUT2D eigenvalue weighted by atomic mass is 10.1. The Bertz CT molecular complexity index is 99.1. The Balaban J connectivity index is 2.33. The number of hydrogen-bond donors (Lipinski definition) is 0. The van der Waals surface area contributed by atoms with Gasteiger partial charge in [-0.05, 0) is 0 Å². The summed E-state index contributed by atoms with van der Waals surface area (Å²) in [6.45, 7) is 4.44. The van der Waals surface area contributed by atoms with E-state index in [9.17, 15) is 4.79 Å². The molecule has 0 unspecified atom stereocenters. The molecule has 0 aromatic heterocycles. The van der Waals surface area contributed by atoms with E-state index in [-0.39, 0.29) is 17.8 Å². The molecule has 1 aliphatic rings. The molecule has 0 spiro atoms. The molecule has 8 heavy (non-hydrogen) atoms. The molecular formula is C6H10O2. The Labute approximate surface area is 48.8 Å². The third kappa shape index (κ3) is 1.07. The number of carbonyl (C=O) groups excluding carboxylic acids is 1. The standard InChI is InChI=1S/C6H10O2/c1-4(2)6(7)5-3-8-5/h4-5H,3H2,1-2H3/t5-/m1/s1. The van der Waals surface area contributed by atoms with Gasteiger partial charge in [0.25, 0.3) is 0 Å². The molecule has 0 bridgehead atoms. The summed E-state index contributed by atoms with van der Waals surface area (Å²) in [7, 11) is 0. The van der Waals surface area contributed by atoms with Crippen molar-refractivity contribution in [2.45, 2.75) is 20.0 Å². The van der Waals surface area contributed by atoms with Gasteiger partial charge in [-0.25, -0.2) is 0 Å². The molecule has 0 N–H and O–H groups in total. The molecule has 1 fully saturated rings. The number of epoxide rings is 1. The number of Topliss-reactive ketones (excluding diaryl/α,β-unsaturated/α-hetero) is 1. The first-order chi connectivity index (χ1) is 3.72. The van der Waals surface area contributed by atoms with Crippen LogP contribution in [0.1, 0.15) is 13.8 Å². The van der Waals surface area contributed by atoms with Crippen LogP contribution in [0.5, 0.6) is 0 Å². The van der Waals surface area contributed by atoms with Gasteiger partial charge in [-0.3, -0.25) is 4.79 Å². The summed E-state index contributed by atoms with van der Waals surface area (Å²) in [6, 6.07) is 0. The van der Waals surface area contributed by atoms with Crippen LogP contribution in [-0.4, -0.2) is 18.5 Å². The maximum atomic E-state index is 10.8. The van der Waals surface area contributed by atoms with Crippen molar-refractivity contribution in [1.29, 1.82) is 0 Å². The monoisotopic (exact) mass is 114 g/mol. The Kier molecular flexibility index (Phi) is 1.34. The Morgan fingerprint density at radius 3 is 2.38 bits per heavy atom. The highest BCUT2D eigenvalue weighted by Crippen LogP contribution is 2.14. The first kappa shape index (κ1) is 5.76. The first-order valence-corrected chi connectivity index (χ1v) is 2.87. The number of hydrogen-bond acceptors (Lipinski definition) is 2. The first-order valence-electron chi connectivity index (χ1n) is 2.87. The summed E-state index contributed by atoms with van der Waals surface area (Å²) in [5, 5.41) is 0. The third-order valence-electron chi connectivity index (χ3n) is 1.22. The minimum atomic E-state index is -0.0463. The zero-order chi connectivity index (χ0) is 6.15. The van der Waals surface area contributed by atoms with Crippen molar-refractivity contribution in [1.82, 2.24) is 0 Å². The fraction of sp³-hybridized carbons (Fsp3) is 0.833. The number of carbonyl (C=O) groups is 1. The second-order valence-corrected chi connectivity index (χ2v) is 2.38. The van der Waals surface area contributed by atoms with Crippen LogP contribution < -0.4 is 0 Å². The van der Waals surface area contributed by atoms with Crippen LogP contribution in [0.3, 0.4) is 0 Å². The zero-order valence-electron chi connectivity index (χ0n) is 5.18. The summed E-state index contributed by atoms with van der Waals surface area (Å²) >= 11 is 0. The highest BCUT2D eigenvalue weighted by molar-refractivity contribution is 5.86. The lowest BCUT2D eigenvalue weighted by Crippen LogP contribution is -2.13. The smallest absolute Gasteiger partial charge is 0.166 e. The molecule has 0 aliphatic carbocycles. The van der Waals surface area contributed by atoms with Gasteiger partial charge in [0.1, 0.15) is 6.10 Å². The fourth-order valence-corrected chi connectivity index (χ4v) is 0.584. The number of ether oxygens (including phenoxy) is 1. The molecule has 0 aromatic carbocycles. The van der Waals surface area contributed by atoms with Gasteiger partial charge in [0.05, 0.1) is 6.61 Å². The van der Waals surface area contributed by atoms with Crippen LogP contribution in [0, 0.1) is 5.92 Å². The maximum Gasteiger partial charge on any atom is 0.166 e. The number of ketones is 1. The van der Waals surface area contributed by atoms with Crippen LogP contribution >= 0.6 is 0 Å². The second-order valence-electron chi connectivity index (χ2n) is 2.38. The minimum absolute atomic E-state index is 0.0463. The average molecular weight is 114 g/mol. The molecule has 2 nitrogen and oxygen atoms in total. The van der Waals surface area contributed by atoms with E-state index in [4.69, 9.17) is 4.74 Å². The van der Waals surface area contributed by atoms with Crippen molar-refractivity contribution in [2.24, 2.45) is 5.92 Å². The molecule has 1 atom stereocenters. The maximum absolute atomic E-state index is 10.8. The largest absolute Gasteiger partial charge is 0.365 e. The van der Waals surface area contributed by atoms with E-state index < -0.39 is 0 Å². The predicted octanol–water partition coefficient (Wildman–Crippen LogP) is 0.610. The van der Waals surface area contributed by atoms with Crippen molar-refractivity contribution < 1.29 is 9.53 Å². The van der Waals surface area contributed by atoms with Gasteiger partial charge < -0.3 is 4.74 Å². The summed E-state index contributed by atoms with van der Waals surface area (Å²) in [5.74, 6) is 0.382. The third-order valence-corrected chi connectivity index (χ3v) is 1.22. The molecule has 1 saturated heterocycles. The highest BCUT2D eigenvalue weighted by Gasteiger charge is 2.32. The van der Waals surface area contributed by atoms with E-state index in [0.29, 0.717) is 6.61 Å². The van der Waals surface area contributed by atoms with Crippen LogP contribution in [0.4, 0.5) is 0 Å². The lowest BCUT2D eigenvalue weighted by molar-refractivity contribution is -0.123. The van der Waals surface area contributed by atoms with Crippen LogP contribution in [0.2, 0.25) is 0 Å². The SMILES string of the molecule is CC(C)C(=O)[C@H]1CO1. The van der Waals surface area contributed by atoms with Gasteiger partial charge in [-0.2, -0.15) is 0 Å². The van der Waals surface area contributed by atoms with Crippen LogP contribution in [0.25, 0.3) is 0 Å². The molecule has 0 saturated carbocycles.